The highest BCUT2D eigenvalue weighted by Gasteiger charge is 2.53. The molecule has 110 valence electrons. The number of methoxy groups -OCH3 is 1. The molecule has 1 aliphatic carbocycles. The normalized spacial score (nSPS) is 24.4. The van der Waals surface area contributed by atoms with Crippen LogP contribution < -0.4 is 16.4 Å². The van der Waals surface area contributed by atoms with Crippen molar-refractivity contribution >= 4 is 11.8 Å². The van der Waals surface area contributed by atoms with E-state index in [-0.39, 0.29) is 42.5 Å². The lowest BCUT2D eigenvalue weighted by Crippen LogP contribution is -2.64. The number of hydrogen-bond acceptors (Lipinski definition) is 4. The molecule has 2 atom stereocenters. The van der Waals surface area contributed by atoms with E-state index in [9.17, 15) is 9.59 Å². The SMILES string of the molecule is CCC1(CC)C(NC(=O)CNC(=O)CN)CC1OC. The van der Waals surface area contributed by atoms with Gasteiger partial charge < -0.3 is 21.1 Å². The second-order valence-electron chi connectivity index (χ2n) is 5.00. The average Bonchev–Trinajstić information content (AvgIpc) is 2.41. The van der Waals surface area contributed by atoms with Gasteiger partial charge in [-0.3, -0.25) is 9.59 Å². The van der Waals surface area contributed by atoms with Gasteiger partial charge in [-0.2, -0.15) is 0 Å². The lowest BCUT2D eigenvalue weighted by molar-refractivity contribution is -0.141. The number of carbonyl (C=O) groups is 2. The van der Waals surface area contributed by atoms with Gasteiger partial charge in [-0.25, -0.2) is 0 Å². The first-order chi connectivity index (χ1) is 9.03. The van der Waals surface area contributed by atoms with E-state index in [1.54, 1.807) is 7.11 Å². The molecule has 0 aromatic heterocycles. The van der Waals surface area contributed by atoms with Gasteiger partial charge in [-0.05, 0) is 19.3 Å². The van der Waals surface area contributed by atoms with Crippen LogP contribution in [-0.2, 0) is 14.3 Å². The maximum atomic E-state index is 11.8. The molecule has 0 heterocycles. The Morgan fingerprint density at radius 2 is 1.95 bits per heavy atom. The summed E-state index contributed by atoms with van der Waals surface area (Å²) in [5, 5.41) is 5.45. The number of ether oxygens (including phenoxy) is 1. The van der Waals surface area contributed by atoms with Crippen LogP contribution in [0.4, 0.5) is 0 Å². The predicted octanol–water partition coefficient (Wildman–Crippen LogP) is -0.229. The predicted molar refractivity (Wildman–Crippen MR) is 72.4 cm³/mol. The molecule has 0 aliphatic heterocycles. The Morgan fingerprint density at radius 3 is 2.42 bits per heavy atom. The van der Waals surface area contributed by atoms with Crippen LogP contribution >= 0.6 is 0 Å². The number of amides is 2. The van der Waals surface area contributed by atoms with Crippen molar-refractivity contribution in [2.45, 2.75) is 45.3 Å². The van der Waals surface area contributed by atoms with Gasteiger partial charge in [-0.15, -0.1) is 0 Å². The molecule has 6 nitrogen and oxygen atoms in total. The Balaban J connectivity index is 2.49. The van der Waals surface area contributed by atoms with Crippen molar-refractivity contribution in [3.63, 3.8) is 0 Å². The summed E-state index contributed by atoms with van der Waals surface area (Å²) in [6.45, 7) is 4.11. The van der Waals surface area contributed by atoms with E-state index in [0.29, 0.717) is 0 Å². The molecule has 1 saturated carbocycles. The summed E-state index contributed by atoms with van der Waals surface area (Å²) >= 11 is 0. The van der Waals surface area contributed by atoms with Crippen molar-refractivity contribution < 1.29 is 14.3 Å². The van der Waals surface area contributed by atoms with Crippen molar-refractivity contribution in [2.75, 3.05) is 20.2 Å². The van der Waals surface area contributed by atoms with Crippen molar-refractivity contribution in [1.29, 1.82) is 0 Å². The molecule has 0 spiro atoms. The zero-order chi connectivity index (χ0) is 14.5. The van der Waals surface area contributed by atoms with E-state index in [2.05, 4.69) is 24.5 Å². The van der Waals surface area contributed by atoms with E-state index in [0.717, 1.165) is 19.3 Å². The molecule has 2 amide bonds. The second kappa shape index (κ2) is 6.86. The average molecular weight is 271 g/mol. The topological polar surface area (TPSA) is 93.5 Å². The van der Waals surface area contributed by atoms with Gasteiger partial charge in [0.05, 0.1) is 19.2 Å². The fourth-order valence-corrected chi connectivity index (χ4v) is 2.98. The van der Waals surface area contributed by atoms with E-state index in [4.69, 9.17) is 10.5 Å². The zero-order valence-electron chi connectivity index (χ0n) is 12.0. The molecule has 1 fully saturated rings. The second-order valence-corrected chi connectivity index (χ2v) is 5.00. The van der Waals surface area contributed by atoms with Crippen LogP contribution in [0.5, 0.6) is 0 Å². The van der Waals surface area contributed by atoms with Crippen LogP contribution in [0.1, 0.15) is 33.1 Å². The highest BCUT2D eigenvalue weighted by atomic mass is 16.5. The van der Waals surface area contributed by atoms with Crippen LogP contribution in [0.25, 0.3) is 0 Å². The molecule has 0 saturated heterocycles. The molecular weight excluding hydrogens is 246 g/mol. The first-order valence-corrected chi connectivity index (χ1v) is 6.82. The summed E-state index contributed by atoms with van der Waals surface area (Å²) < 4.78 is 5.47. The smallest absolute Gasteiger partial charge is 0.239 e. The van der Waals surface area contributed by atoms with E-state index >= 15 is 0 Å². The molecule has 0 radical (unpaired) electrons. The molecule has 19 heavy (non-hydrogen) atoms. The summed E-state index contributed by atoms with van der Waals surface area (Å²) in [6.07, 6.45) is 2.95. The summed E-state index contributed by atoms with van der Waals surface area (Å²) in [5.41, 5.74) is 5.18. The Labute approximate surface area is 114 Å². The van der Waals surface area contributed by atoms with Crippen molar-refractivity contribution in [2.24, 2.45) is 11.1 Å². The van der Waals surface area contributed by atoms with E-state index in [1.807, 2.05) is 0 Å². The lowest BCUT2D eigenvalue weighted by atomic mass is 9.58. The molecule has 4 N–H and O–H groups in total. The van der Waals surface area contributed by atoms with Crippen molar-refractivity contribution in [1.82, 2.24) is 10.6 Å². The molecule has 1 rings (SSSR count). The third-order valence-electron chi connectivity index (χ3n) is 4.35. The largest absolute Gasteiger partial charge is 0.381 e. The van der Waals surface area contributed by atoms with E-state index < -0.39 is 0 Å². The quantitative estimate of drug-likeness (QED) is 0.596. The summed E-state index contributed by atoms with van der Waals surface area (Å²) in [4.78, 5) is 22.8. The van der Waals surface area contributed by atoms with Crippen LogP contribution in [0, 0.1) is 5.41 Å². The van der Waals surface area contributed by atoms with Crippen LogP contribution in [0.15, 0.2) is 0 Å². The number of nitrogens with one attached hydrogen (secondary N) is 2. The van der Waals surface area contributed by atoms with Gasteiger partial charge in [0.2, 0.25) is 11.8 Å². The fraction of sp³-hybridized carbons (Fsp3) is 0.846. The van der Waals surface area contributed by atoms with E-state index in [1.165, 1.54) is 0 Å². The standard InChI is InChI=1S/C13H25N3O3/c1-4-13(5-2)9(6-10(13)19-3)16-12(18)8-15-11(17)7-14/h9-10H,4-8,14H2,1-3H3,(H,15,17)(H,16,18). The van der Waals surface area contributed by atoms with Gasteiger partial charge in [-0.1, -0.05) is 13.8 Å². The van der Waals surface area contributed by atoms with Crippen LogP contribution in [0.3, 0.4) is 0 Å². The molecule has 1 aliphatic rings. The first-order valence-electron chi connectivity index (χ1n) is 6.82. The number of carbonyl (C=O) groups excluding carboxylic acids is 2. The molecule has 0 bridgehead atoms. The summed E-state index contributed by atoms with van der Waals surface area (Å²) in [5.74, 6) is -0.497. The highest BCUT2D eigenvalue weighted by Crippen LogP contribution is 2.48. The lowest BCUT2D eigenvalue weighted by Gasteiger charge is -2.55. The minimum atomic E-state index is -0.323. The fourth-order valence-electron chi connectivity index (χ4n) is 2.98. The van der Waals surface area contributed by atoms with Crippen molar-refractivity contribution in [3.05, 3.63) is 0 Å². The highest BCUT2D eigenvalue weighted by molar-refractivity contribution is 5.85. The Bertz CT molecular complexity index is 329. The summed E-state index contributed by atoms with van der Waals surface area (Å²) in [7, 11) is 1.71. The van der Waals surface area contributed by atoms with Gasteiger partial charge in [0, 0.05) is 18.6 Å². The molecule has 0 aromatic carbocycles. The van der Waals surface area contributed by atoms with Crippen LogP contribution in [-0.4, -0.2) is 44.2 Å². The van der Waals surface area contributed by atoms with Gasteiger partial charge in [0.1, 0.15) is 0 Å². The Kier molecular flexibility index (Phi) is 5.75. The molecular formula is C13H25N3O3. The molecule has 0 aromatic rings. The summed E-state index contributed by atoms with van der Waals surface area (Å²) in [6, 6.07) is 0.120. The minimum Gasteiger partial charge on any atom is -0.381 e. The molecule has 2 unspecified atom stereocenters. The maximum Gasteiger partial charge on any atom is 0.239 e. The van der Waals surface area contributed by atoms with Crippen molar-refractivity contribution in [3.8, 4) is 0 Å². The zero-order valence-corrected chi connectivity index (χ0v) is 12.0. The number of rotatable bonds is 7. The van der Waals surface area contributed by atoms with Crippen LogP contribution in [0.2, 0.25) is 0 Å². The third kappa shape index (κ3) is 3.25. The van der Waals surface area contributed by atoms with Gasteiger partial charge in [0.15, 0.2) is 0 Å². The Morgan fingerprint density at radius 1 is 1.32 bits per heavy atom. The monoisotopic (exact) mass is 271 g/mol. The minimum absolute atomic E-state index is 0.0162. The third-order valence-corrected chi connectivity index (χ3v) is 4.35. The van der Waals surface area contributed by atoms with Gasteiger partial charge in [0.25, 0.3) is 0 Å². The first kappa shape index (κ1) is 15.9. The van der Waals surface area contributed by atoms with Gasteiger partial charge >= 0.3 is 0 Å². The molecule has 6 heteroatoms. The maximum absolute atomic E-state index is 11.8. The number of hydrogen-bond donors (Lipinski definition) is 3. The number of nitrogens with two attached hydrogens (primary N) is 1. The Hall–Kier alpha value is -1.14.